The number of aromatic amines is 2. The van der Waals surface area contributed by atoms with Gasteiger partial charge in [-0.1, -0.05) is 0 Å². The molecule has 0 bridgehead atoms. The second kappa shape index (κ2) is 7.03. The number of fused-ring (bicyclic) bond motifs is 1. The van der Waals surface area contributed by atoms with Crippen LogP contribution >= 0.6 is 31.9 Å². The van der Waals surface area contributed by atoms with Crippen LogP contribution in [0.4, 0.5) is 5.69 Å². The van der Waals surface area contributed by atoms with Crippen molar-refractivity contribution in [3.05, 3.63) is 55.3 Å². The topological polar surface area (TPSA) is 69.9 Å². The first-order chi connectivity index (χ1) is 11.4. The van der Waals surface area contributed by atoms with Crippen LogP contribution in [-0.4, -0.2) is 16.1 Å². The lowest BCUT2D eigenvalue weighted by molar-refractivity contribution is 0.239. The van der Waals surface area contributed by atoms with E-state index in [0.717, 1.165) is 37.0 Å². The molecule has 0 amide bonds. The third-order valence-electron chi connectivity index (χ3n) is 3.42. The van der Waals surface area contributed by atoms with E-state index in [1.165, 1.54) is 0 Å². The number of ether oxygens (including phenoxy) is 1. The third kappa shape index (κ3) is 3.84. The van der Waals surface area contributed by atoms with E-state index in [0.29, 0.717) is 6.54 Å². The van der Waals surface area contributed by atoms with Crippen molar-refractivity contribution in [3.8, 4) is 5.75 Å². The summed E-state index contributed by atoms with van der Waals surface area (Å²) in [6.07, 6.45) is 0.108. The molecule has 0 atom stereocenters. The fourth-order valence-electron chi connectivity index (χ4n) is 2.41. The van der Waals surface area contributed by atoms with Gasteiger partial charge in [0.25, 0.3) is 0 Å². The minimum atomic E-state index is -0.198. The Bertz CT molecular complexity index is 908. The van der Waals surface area contributed by atoms with Crippen molar-refractivity contribution >= 4 is 48.6 Å². The van der Waals surface area contributed by atoms with Crippen molar-refractivity contribution in [2.75, 3.05) is 5.32 Å². The molecule has 0 saturated heterocycles. The lowest BCUT2D eigenvalue weighted by atomic mass is 10.2. The van der Waals surface area contributed by atoms with Gasteiger partial charge in [0.2, 0.25) is 0 Å². The molecule has 7 heteroatoms. The van der Waals surface area contributed by atoms with Crippen LogP contribution in [0.5, 0.6) is 5.75 Å². The number of hydrogen-bond acceptors (Lipinski definition) is 3. The van der Waals surface area contributed by atoms with E-state index in [-0.39, 0.29) is 11.8 Å². The lowest BCUT2D eigenvalue weighted by Gasteiger charge is -2.15. The second-order valence-corrected chi connectivity index (χ2v) is 7.46. The first-order valence-electron chi connectivity index (χ1n) is 7.53. The summed E-state index contributed by atoms with van der Waals surface area (Å²) in [6.45, 7) is 4.64. The van der Waals surface area contributed by atoms with Gasteiger partial charge in [0.05, 0.1) is 26.1 Å². The maximum absolute atomic E-state index is 11.3. The van der Waals surface area contributed by atoms with Gasteiger partial charge in [-0.25, -0.2) is 4.79 Å². The number of halogens is 2. The Kier molecular flexibility index (Phi) is 5.01. The van der Waals surface area contributed by atoms with Gasteiger partial charge in [-0.05, 0) is 81.6 Å². The van der Waals surface area contributed by atoms with E-state index < -0.39 is 0 Å². The number of aromatic nitrogens is 2. The summed E-state index contributed by atoms with van der Waals surface area (Å²) in [6, 6.07) is 9.79. The third-order valence-corrected chi connectivity index (χ3v) is 4.60. The van der Waals surface area contributed by atoms with Gasteiger partial charge >= 0.3 is 5.69 Å². The quantitative estimate of drug-likeness (QED) is 0.519. The zero-order chi connectivity index (χ0) is 17.3. The normalized spacial score (nSPS) is 11.2. The lowest BCUT2D eigenvalue weighted by Crippen LogP contribution is -2.07. The van der Waals surface area contributed by atoms with Crippen molar-refractivity contribution in [1.82, 2.24) is 9.97 Å². The van der Waals surface area contributed by atoms with Crippen LogP contribution in [0.25, 0.3) is 11.0 Å². The molecule has 3 rings (SSSR count). The van der Waals surface area contributed by atoms with E-state index >= 15 is 0 Å². The summed E-state index contributed by atoms with van der Waals surface area (Å²) in [7, 11) is 0. The maximum Gasteiger partial charge on any atom is 0.323 e. The largest absolute Gasteiger partial charge is 0.489 e. The minimum absolute atomic E-state index is 0.108. The molecule has 0 aliphatic rings. The molecule has 0 spiro atoms. The van der Waals surface area contributed by atoms with E-state index in [4.69, 9.17) is 4.74 Å². The van der Waals surface area contributed by atoms with Crippen molar-refractivity contribution in [3.63, 3.8) is 0 Å². The van der Waals surface area contributed by atoms with E-state index in [9.17, 15) is 4.79 Å². The molecular weight excluding hydrogens is 438 g/mol. The highest BCUT2D eigenvalue weighted by Crippen LogP contribution is 2.35. The average molecular weight is 455 g/mol. The molecule has 5 nitrogen and oxygen atoms in total. The maximum atomic E-state index is 11.3. The predicted molar refractivity (Wildman–Crippen MR) is 104 cm³/mol. The highest BCUT2D eigenvalue weighted by atomic mass is 79.9. The number of hydrogen-bond donors (Lipinski definition) is 3. The number of rotatable bonds is 5. The summed E-state index contributed by atoms with van der Waals surface area (Å²) in [5.41, 5.74) is 3.43. The molecule has 0 unspecified atom stereocenters. The monoisotopic (exact) mass is 453 g/mol. The van der Waals surface area contributed by atoms with Crippen molar-refractivity contribution in [1.29, 1.82) is 0 Å². The number of nitrogens with one attached hydrogen (secondary N) is 3. The van der Waals surface area contributed by atoms with Crippen LogP contribution in [-0.2, 0) is 6.54 Å². The second-order valence-electron chi connectivity index (χ2n) is 5.75. The number of benzene rings is 2. The predicted octanol–water partition coefficient (Wildman–Crippen LogP) is 4.78. The molecule has 24 heavy (non-hydrogen) atoms. The van der Waals surface area contributed by atoms with Crippen LogP contribution in [0.1, 0.15) is 19.4 Å². The highest BCUT2D eigenvalue weighted by Gasteiger charge is 2.10. The molecule has 0 radical (unpaired) electrons. The standard InChI is InChI=1S/C17H17Br2N3O2/c1-9(2)24-16-12(18)5-10(6-13(16)19)8-20-11-3-4-14-15(7-11)22-17(23)21-14/h3-7,9,20H,8H2,1-2H3,(H2,21,22,23). The summed E-state index contributed by atoms with van der Waals surface area (Å²) in [4.78, 5) is 16.8. The average Bonchev–Trinajstić information content (AvgIpc) is 2.88. The van der Waals surface area contributed by atoms with E-state index in [1.807, 2.05) is 44.2 Å². The van der Waals surface area contributed by atoms with Crippen LogP contribution in [0, 0.1) is 0 Å². The molecule has 0 aliphatic carbocycles. The fourth-order valence-corrected chi connectivity index (χ4v) is 3.88. The number of imidazole rings is 1. The number of H-pyrrole nitrogens is 2. The SMILES string of the molecule is CC(C)Oc1c(Br)cc(CNc2ccc3[nH]c(=O)[nH]c3c2)cc1Br. The van der Waals surface area contributed by atoms with Crippen LogP contribution in [0.15, 0.2) is 44.1 Å². The molecule has 126 valence electrons. The number of anilines is 1. The Balaban J connectivity index is 1.76. The molecule has 3 N–H and O–H groups in total. The van der Waals surface area contributed by atoms with E-state index in [1.54, 1.807) is 0 Å². The highest BCUT2D eigenvalue weighted by molar-refractivity contribution is 9.11. The first-order valence-corrected chi connectivity index (χ1v) is 9.11. The van der Waals surface area contributed by atoms with Crippen molar-refractivity contribution in [2.24, 2.45) is 0 Å². The van der Waals surface area contributed by atoms with Crippen LogP contribution < -0.4 is 15.7 Å². The fraction of sp³-hybridized carbons (Fsp3) is 0.235. The Morgan fingerprint density at radius 3 is 2.42 bits per heavy atom. The van der Waals surface area contributed by atoms with Crippen molar-refractivity contribution < 1.29 is 4.74 Å². The summed E-state index contributed by atoms with van der Waals surface area (Å²) in [5, 5.41) is 3.36. The summed E-state index contributed by atoms with van der Waals surface area (Å²) >= 11 is 7.12. The summed E-state index contributed by atoms with van der Waals surface area (Å²) in [5.74, 6) is 0.806. The molecule has 1 heterocycles. The van der Waals surface area contributed by atoms with Gasteiger partial charge in [0.1, 0.15) is 5.75 Å². The zero-order valence-electron chi connectivity index (χ0n) is 13.2. The Hall–Kier alpha value is -1.73. The molecular formula is C17H17Br2N3O2. The molecule has 0 saturated carbocycles. The Labute approximate surface area is 156 Å². The van der Waals surface area contributed by atoms with Crippen molar-refractivity contribution in [2.45, 2.75) is 26.5 Å². The first kappa shape index (κ1) is 17.1. The minimum Gasteiger partial charge on any atom is -0.489 e. The van der Waals surface area contributed by atoms with Crippen LogP contribution in [0.2, 0.25) is 0 Å². The molecule has 0 fully saturated rings. The van der Waals surface area contributed by atoms with Crippen LogP contribution in [0.3, 0.4) is 0 Å². The molecule has 3 aromatic rings. The smallest absolute Gasteiger partial charge is 0.323 e. The Morgan fingerprint density at radius 2 is 1.75 bits per heavy atom. The Morgan fingerprint density at radius 1 is 1.08 bits per heavy atom. The molecule has 1 aromatic heterocycles. The molecule has 2 aromatic carbocycles. The van der Waals surface area contributed by atoms with Gasteiger partial charge < -0.3 is 20.0 Å². The zero-order valence-corrected chi connectivity index (χ0v) is 16.4. The van der Waals surface area contributed by atoms with Gasteiger partial charge in [-0.15, -0.1) is 0 Å². The van der Waals surface area contributed by atoms with Gasteiger partial charge in [-0.2, -0.15) is 0 Å². The molecule has 0 aliphatic heterocycles. The summed E-state index contributed by atoms with van der Waals surface area (Å²) < 4.78 is 7.61. The van der Waals surface area contributed by atoms with E-state index in [2.05, 4.69) is 47.1 Å². The van der Waals surface area contributed by atoms with Gasteiger partial charge in [0, 0.05) is 12.2 Å². The van der Waals surface area contributed by atoms with Gasteiger partial charge in [-0.3, -0.25) is 0 Å². The van der Waals surface area contributed by atoms with Gasteiger partial charge in [0.15, 0.2) is 0 Å².